The van der Waals surface area contributed by atoms with Gasteiger partial charge in [0.1, 0.15) is 11.5 Å². The summed E-state index contributed by atoms with van der Waals surface area (Å²) in [6.45, 7) is 0. The fourth-order valence-corrected chi connectivity index (χ4v) is 2.89. The lowest BCUT2D eigenvalue weighted by molar-refractivity contribution is -0.137. The molecule has 0 unspecified atom stereocenters. The fraction of sp³-hybridized carbons (Fsp3) is 0.100. The number of nitrogens with zero attached hydrogens (tertiary/aromatic N) is 1. The van der Waals surface area contributed by atoms with Crippen molar-refractivity contribution in [2.24, 2.45) is 5.10 Å². The number of furan rings is 1. The third-order valence-electron chi connectivity index (χ3n) is 3.82. The van der Waals surface area contributed by atoms with Crippen LogP contribution in [0.1, 0.15) is 16.9 Å². The maximum Gasteiger partial charge on any atom is 0.416 e. The number of hydrogen-bond donors (Lipinski definition) is 1. The molecule has 0 aliphatic heterocycles. The lowest BCUT2D eigenvalue weighted by atomic mass is 10.1. The molecule has 2 aromatic carbocycles. The molecule has 0 saturated carbocycles. The molecule has 0 bridgehead atoms. The molecule has 0 radical (unpaired) electrons. The number of benzene rings is 2. The van der Waals surface area contributed by atoms with Crippen molar-refractivity contribution in [2.75, 3.05) is 0 Å². The van der Waals surface area contributed by atoms with Crippen molar-refractivity contribution in [1.29, 1.82) is 0 Å². The maximum atomic E-state index is 12.7. The first-order chi connectivity index (χ1) is 13.7. The molecule has 4 nitrogen and oxygen atoms in total. The highest BCUT2D eigenvalue weighted by Gasteiger charge is 2.30. The Balaban J connectivity index is 1.61. The highest BCUT2D eigenvalue weighted by atomic mass is 35.5. The third kappa shape index (κ3) is 5.62. The van der Waals surface area contributed by atoms with Gasteiger partial charge in [-0.15, -0.1) is 0 Å². The molecule has 1 N–H and O–H groups in total. The van der Waals surface area contributed by atoms with E-state index in [9.17, 15) is 18.0 Å². The molecule has 0 spiro atoms. The second kappa shape index (κ2) is 8.71. The van der Waals surface area contributed by atoms with E-state index >= 15 is 0 Å². The average Bonchev–Trinajstić information content (AvgIpc) is 3.12. The molecule has 0 fully saturated rings. The van der Waals surface area contributed by atoms with Crippen LogP contribution in [-0.2, 0) is 17.4 Å². The van der Waals surface area contributed by atoms with Crippen LogP contribution in [-0.4, -0.2) is 12.1 Å². The summed E-state index contributed by atoms with van der Waals surface area (Å²) in [7, 11) is 0. The van der Waals surface area contributed by atoms with E-state index < -0.39 is 17.6 Å². The summed E-state index contributed by atoms with van der Waals surface area (Å²) >= 11 is 12.1. The van der Waals surface area contributed by atoms with E-state index in [2.05, 4.69) is 10.5 Å². The molecule has 0 aliphatic carbocycles. The Hall–Kier alpha value is -2.77. The SMILES string of the molecule is O=C(Cc1cccc(C(F)(F)F)c1)NN=Cc1ccc(-c2cc(Cl)ccc2Cl)o1. The zero-order valence-electron chi connectivity index (χ0n) is 14.6. The van der Waals surface area contributed by atoms with Gasteiger partial charge in [-0.3, -0.25) is 4.79 Å². The summed E-state index contributed by atoms with van der Waals surface area (Å²) in [6.07, 6.45) is -3.44. The molecule has 3 rings (SSSR count). The van der Waals surface area contributed by atoms with E-state index in [0.717, 1.165) is 12.1 Å². The van der Waals surface area contributed by atoms with Crippen molar-refractivity contribution in [2.45, 2.75) is 12.6 Å². The van der Waals surface area contributed by atoms with E-state index in [0.29, 0.717) is 27.1 Å². The van der Waals surface area contributed by atoms with Gasteiger partial charge in [-0.1, -0.05) is 41.4 Å². The van der Waals surface area contributed by atoms with E-state index in [1.807, 2.05) is 0 Å². The Labute approximate surface area is 173 Å². The van der Waals surface area contributed by atoms with Crippen molar-refractivity contribution in [3.63, 3.8) is 0 Å². The minimum absolute atomic E-state index is 0.225. The van der Waals surface area contributed by atoms with Gasteiger partial charge in [0.2, 0.25) is 5.91 Å². The monoisotopic (exact) mass is 440 g/mol. The van der Waals surface area contributed by atoms with Gasteiger partial charge < -0.3 is 4.42 Å². The number of hydrogen-bond acceptors (Lipinski definition) is 3. The van der Waals surface area contributed by atoms with Gasteiger partial charge in [-0.25, -0.2) is 5.43 Å². The summed E-state index contributed by atoms with van der Waals surface area (Å²) in [5.74, 6) is 0.245. The van der Waals surface area contributed by atoms with Crippen molar-refractivity contribution in [3.05, 3.63) is 81.5 Å². The molecule has 1 aromatic heterocycles. The van der Waals surface area contributed by atoms with Crippen molar-refractivity contribution in [1.82, 2.24) is 5.43 Å². The van der Waals surface area contributed by atoms with Crippen molar-refractivity contribution < 1.29 is 22.4 Å². The van der Waals surface area contributed by atoms with Crippen LogP contribution in [0.25, 0.3) is 11.3 Å². The van der Waals surface area contributed by atoms with E-state index in [1.54, 1.807) is 30.3 Å². The maximum absolute atomic E-state index is 12.7. The zero-order chi connectivity index (χ0) is 21.0. The van der Waals surface area contributed by atoms with Gasteiger partial charge >= 0.3 is 6.18 Å². The molecule has 29 heavy (non-hydrogen) atoms. The van der Waals surface area contributed by atoms with Crippen LogP contribution >= 0.6 is 23.2 Å². The van der Waals surface area contributed by atoms with Crippen LogP contribution in [0.2, 0.25) is 10.0 Å². The van der Waals surface area contributed by atoms with Crippen LogP contribution in [0.4, 0.5) is 13.2 Å². The topological polar surface area (TPSA) is 54.6 Å². The quantitative estimate of drug-likeness (QED) is 0.392. The second-order valence-electron chi connectivity index (χ2n) is 5.99. The largest absolute Gasteiger partial charge is 0.455 e. The first-order valence-corrected chi connectivity index (χ1v) is 9.01. The molecule has 0 atom stereocenters. The number of alkyl halides is 3. The van der Waals surface area contributed by atoms with Crippen molar-refractivity contribution >= 4 is 35.3 Å². The molecular formula is C20H13Cl2F3N2O2. The van der Waals surface area contributed by atoms with E-state index in [4.69, 9.17) is 27.6 Å². The molecule has 9 heteroatoms. The van der Waals surface area contributed by atoms with Crippen LogP contribution in [0.15, 0.2) is 64.1 Å². The summed E-state index contributed by atoms with van der Waals surface area (Å²) < 4.78 is 43.7. The molecule has 0 aliphatic rings. The highest BCUT2D eigenvalue weighted by molar-refractivity contribution is 6.35. The molecular weight excluding hydrogens is 428 g/mol. The third-order valence-corrected chi connectivity index (χ3v) is 4.39. The number of halogens is 5. The standard InChI is InChI=1S/C20H13Cl2F3N2O2/c21-14-4-6-17(22)16(10-14)18-7-5-15(29-18)11-26-27-19(28)9-12-2-1-3-13(8-12)20(23,24)25/h1-8,10-11H,9H2,(H,27,28). The first-order valence-electron chi connectivity index (χ1n) is 8.25. The first kappa shape index (κ1) is 21.0. The predicted molar refractivity (Wildman–Crippen MR) is 105 cm³/mol. The number of rotatable bonds is 5. The van der Waals surface area contributed by atoms with Gasteiger partial charge in [-0.2, -0.15) is 18.3 Å². The van der Waals surface area contributed by atoms with Gasteiger partial charge in [0.25, 0.3) is 0 Å². The van der Waals surface area contributed by atoms with Crippen LogP contribution in [0, 0.1) is 0 Å². The molecule has 0 saturated heterocycles. The van der Waals surface area contributed by atoms with Gasteiger partial charge in [-0.05, 0) is 42.0 Å². The Bertz CT molecular complexity index is 1060. The van der Waals surface area contributed by atoms with Gasteiger partial charge in [0.05, 0.1) is 23.2 Å². The lowest BCUT2D eigenvalue weighted by Gasteiger charge is -2.08. The minimum Gasteiger partial charge on any atom is -0.455 e. The van der Waals surface area contributed by atoms with E-state index in [1.165, 1.54) is 18.3 Å². The molecule has 150 valence electrons. The van der Waals surface area contributed by atoms with Crippen LogP contribution < -0.4 is 5.43 Å². The van der Waals surface area contributed by atoms with Crippen LogP contribution in [0.3, 0.4) is 0 Å². The average molecular weight is 441 g/mol. The minimum atomic E-state index is -4.46. The zero-order valence-corrected chi connectivity index (χ0v) is 16.1. The number of carbonyl (C=O) groups excluding carboxylic acids is 1. The fourth-order valence-electron chi connectivity index (χ4n) is 2.50. The smallest absolute Gasteiger partial charge is 0.416 e. The second-order valence-corrected chi connectivity index (χ2v) is 6.84. The summed E-state index contributed by atoms with van der Waals surface area (Å²) in [5, 5.41) is 4.71. The van der Waals surface area contributed by atoms with Crippen molar-refractivity contribution in [3.8, 4) is 11.3 Å². The summed E-state index contributed by atoms with van der Waals surface area (Å²) in [5.41, 5.74) is 2.27. The van der Waals surface area contributed by atoms with E-state index in [-0.39, 0.29) is 12.0 Å². The molecule has 1 amide bonds. The Morgan fingerprint density at radius 1 is 1.10 bits per heavy atom. The number of nitrogens with one attached hydrogen (secondary N) is 1. The lowest BCUT2D eigenvalue weighted by Crippen LogP contribution is -2.20. The van der Waals surface area contributed by atoms with Gasteiger partial charge in [0, 0.05) is 10.6 Å². The summed E-state index contributed by atoms with van der Waals surface area (Å²) in [4.78, 5) is 11.9. The molecule has 1 heterocycles. The van der Waals surface area contributed by atoms with Gasteiger partial charge in [0.15, 0.2) is 0 Å². The highest BCUT2D eigenvalue weighted by Crippen LogP contribution is 2.31. The number of carbonyl (C=O) groups is 1. The predicted octanol–water partition coefficient (Wildman–Crippen LogP) is 5.97. The Morgan fingerprint density at radius 3 is 2.66 bits per heavy atom. The summed E-state index contributed by atoms with van der Waals surface area (Å²) in [6, 6.07) is 12.8. The van der Waals surface area contributed by atoms with Crippen LogP contribution in [0.5, 0.6) is 0 Å². The number of amides is 1. The molecule has 3 aromatic rings. The Kier molecular flexibility index (Phi) is 6.30. The Morgan fingerprint density at radius 2 is 1.90 bits per heavy atom. The number of hydrazone groups is 1. The normalized spacial score (nSPS) is 11.8.